The van der Waals surface area contributed by atoms with Crippen LogP contribution in [0.4, 0.5) is 11.4 Å². The molecule has 364 valence electrons. The Hall–Kier alpha value is -7.37. The van der Waals surface area contributed by atoms with E-state index in [9.17, 15) is 0 Å². The molecule has 0 unspecified atom stereocenters. The third-order valence-corrected chi connectivity index (χ3v) is 15.5. The first-order valence-corrected chi connectivity index (χ1v) is 25.6. The third kappa shape index (κ3) is 9.11. The zero-order valence-corrected chi connectivity index (χ0v) is 44.4. The number of aromatic nitrogens is 2. The molecule has 2 aromatic heterocycles. The maximum atomic E-state index is 7.03. The molecule has 5 heteroatoms. The van der Waals surface area contributed by atoms with E-state index >= 15 is 0 Å². The van der Waals surface area contributed by atoms with E-state index in [0.29, 0.717) is 6.67 Å². The normalized spacial score (nSPS) is 13.7. The van der Waals surface area contributed by atoms with Gasteiger partial charge in [0.2, 0.25) is 0 Å². The van der Waals surface area contributed by atoms with E-state index in [0.717, 1.165) is 39.4 Å². The molecule has 0 spiro atoms. The van der Waals surface area contributed by atoms with E-state index in [1.54, 1.807) is 0 Å². The van der Waals surface area contributed by atoms with Crippen LogP contribution in [0.2, 0.25) is 0 Å². The minimum absolute atomic E-state index is 0.0412. The average molecular weight is 947 g/mol. The summed E-state index contributed by atoms with van der Waals surface area (Å²) in [6.45, 7) is 28.2. The summed E-state index contributed by atoms with van der Waals surface area (Å²) >= 11 is 0. The highest BCUT2D eigenvalue weighted by atomic mass is 16.5. The number of ether oxygens (including phenoxy) is 1. The smallest absolute Gasteiger partial charge is 0.137 e. The van der Waals surface area contributed by atoms with E-state index < -0.39 is 0 Å². The average Bonchev–Trinajstić information content (AvgIpc) is 4.00. The minimum atomic E-state index is -0.220. The number of nitrogens with zero attached hydrogens (tertiary/aromatic N) is 4. The maximum absolute atomic E-state index is 7.03. The van der Waals surface area contributed by atoms with Gasteiger partial charge in [0.1, 0.15) is 17.3 Å². The highest BCUT2D eigenvalue weighted by Gasteiger charge is 2.31. The molecule has 9 aromatic rings. The minimum Gasteiger partial charge on any atom is -0.457 e. The van der Waals surface area contributed by atoms with Crippen LogP contribution in [-0.2, 0) is 27.1 Å². The van der Waals surface area contributed by atoms with Gasteiger partial charge in [-0.3, -0.25) is 4.57 Å². The molecule has 0 atom stereocenters. The quantitative estimate of drug-likeness (QED) is 0.129. The molecule has 0 amide bonds. The van der Waals surface area contributed by atoms with E-state index in [4.69, 9.17) is 9.72 Å². The van der Waals surface area contributed by atoms with Gasteiger partial charge in [-0.25, -0.2) is 4.98 Å². The fourth-order valence-corrected chi connectivity index (χ4v) is 10.4. The standard InChI is InChI=1S/C67H70N4O/c1-63(2,3)49-32-33-68-62(42-49)71-60-31-28-50(65(7,8)46-22-16-13-17-23-46)41-59(60)58-30-29-56(44-61(58)71)72-57-40-51(64(4,5)6)37-55(43-57)70-35-34-69(45-70)54-38-52(66(9,10)47-24-18-14-19-25-47)36-53(39-54)67(11,12)48-26-20-15-21-27-48/h13-44H,45H2,1-12H3. The van der Waals surface area contributed by atoms with Crippen LogP contribution in [0.1, 0.15) is 128 Å². The van der Waals surface area contributed by atoms with Crippen molar-refractivity contribution in [2.75, 3.05) is 16.5 Å². The summed E-state index contributed by atoms with van der Waals surface area (Å²) in [5, 5.41) is 2.34. The number of rotatable bonds is 11. The molecular weight excluding hydrogens is 877 g/mol. The SMILES string of the molecule is CC(C)(C)c1cc(Oc2ccc3c4cc(C(C)(C)c5ccccc5)ccc4n(-c4cc(C(C)(C)C)ccn4)c3c2)cc(N2C=CN(c3cc(C(C)(C)c4ccccc4)cc(C(C)(C)c4ccccc4)c3)C2)c1. The molecule has 0 saturated heterocycles. The Kier molecular flexibility index (Phi) is 12.1. The van der Waals surface area contributed by atoms with Crippen LogP contribution < -0.4 is 14.5 Å². The molecule has 3 heterocycles. The van der Waals surface area contributed by atoms with E-state index in [-0.39, 0.29) is 27.1 Å². The Balaban J connectivity index is 1.03. The van der Waals surface area contributed by atoms with Crippen molar-refractivity contribution in [3.63, 3.8) is 0 Å². The molecule has 1 aliphatic heterocycles. The van der Waals surface area contributed by atoms with Crippen LogP contribution in [-0.4, -0.2) is 16.2 Å². The Morgan fingerprint density at radius 3 is 1.43 bits per heavy atom. The monoisotopic (exact) mass is 947 g/mol. The van der Waals surface area contributed by atoms with E-state index in [1.807, 2.05) is 6.20 Å². The Labute approximate surface area is 428 Å². The van der Waals surface area contributed by atoms with Gasteiger partial charge in [0.05, 0.1) is 17.7 Å². The first-order chi connectivity index (χ1) is 34.2. The molecule has 0 radical (unpaired) electrons. The topological polar surface area (TPSA) is 33.5 Å². The highest BCUT2D eigenvalue weighted by molar-refractivity contribution is 6.10. The van der Waals surface area contributed by atoms with Crippen molar-refractivity contribution in [1.29, 1.82) is 0 Å². The van der Waals surface area contributed by atoms with Crippen molar-refractivity contribution < 1.29 is 4.74 Å². The molecular formula is C67H70N4O. The third-order valence-electron chi connectivity index (χ3n) is 15.5. The zero-order chi connectivity index (χ0) is 50.8. The van der Waals surface area contributed by atoms with Crippen molar-refractivity contribution in [2.45, 2.75) is 110 Å². The first kappa shape index (κ1) is 48.3. The van der Waals surface area contributed by atoms with Gasteiger partial charge in [-0.05, 0) is 116 Å². The summed E-state index contributed by atoms with van der Waals surface area (Å²) < 4.78 is 9.34. The van der Waals surface area contributed by atoms with Gasteiger partial charge in [-0.1, -0.05) is 186 Å². The molecule has 0 aliphatic carbocycles. The van der Waals surface area contributed by atoms with Crippen LogP contribution in [0, 0.1) is 0 Å². The van der Waals surface area contributed by atoms with Crippen molar-refractivity contribution in [2.24, 2.45) is 0 Å². The number of hydrogen-bond acceptors (Lipinski definition) is 4. The van der Waals surface area contributed by atoms with Crippen LogP contribution in [0.25, 0.3) is 27.6 Å². The second-order valence-corrected chi connectivity index (χ2v) is 23.6. The molecule has 10 rings (SSSR count). The van der Waals surface area contributed by atoms with E-state index in [1.165, 1.54) is 55.6 Å². The predicted molar refractivity (Wildman–Crippen MR) is 304 cm³/mol. The predicted octanol–water partition coefficient (Wildman–Crippen LogP) is 17.3. The number of hydrogen-bond donors (Lipinski definition) is 0. The van der Waals surface area contributed by atoms with Crippen molar-refractivity contribution in [3.8, 4) is 17.3 Å². The lowest BCUT2D eigenvalue weighted by Crippen LogP contribution is -2.27. The summed E-state index contributed by atoms with van der Waals surface area (Å²) in [7, 11) is 0. The number of anilines is 2. The molecule has 72 heavy (non-hydrogen) atoms. The summed E-state index contributed by atoms with van der Waals surface area (Å²) in [5.74, 6) is 2.46. The van der Waals surface area contributed by atoms with Gasteiger partial charge in [0.15, 0.2) is 0 Å². The fourth-order valence-electron chi connectivity index (χ4n) is 10.4. The number of fused-ring (bicyclic) bond motifs is 3. The van der Waals surface area contributed by atoms with Gasteiger partial charge >= 0.3 is 0 Å². The lowest BCUT2D eigenvalue weighted by Gasteiger charge is -2.33. The molecule has 0 saturated carbocycles. The van der Waals surface area contributed by atoms with Gasteiger partial charge in [-0.2, -0.15) is 0 Å². The van der Waals surface area contributed by atoms with Crippen molar-refractivity contribution in [1.82, 2.24) is 9.55 Å². The van der Waals surface area contributed by atoms with Gasteiger partial charge < -0.3 is 14.5 Å². The van der Waals surface area contributed by atoms with Crippen LogP contribution >= 0.6 is 0 Å². The van der Waals surface area contributed by atoms with Crippen molar-refractivity contribution in [3.05, 3.63) is 239 Å². The van der Waals surface area contributed by atoms with Crippen LogP contribution in [0.3, 0.4) is 0 Å². The molecule has 1 aliphatic rings. The Bertz CT molecular complexity index is 3390. The number of benzene rings is 7. The second kappa shape index (κ2) is 18.0. The zero-order valence-electron chi connectivity index (χ0n) is 44.4. The molecule has 0 N–H and O–H groups in total. The molecule has 0 fully saturated rings. The second-order valence-electron chi connectivity index (χ2n) is 23.6. The summed E-state index contributed by atoms with van der Waals surface area (Å²) in [4.78, 5) is 9.73. The lowest BCUT2D eigenvalue weighted by molar-refractivity contribution is 0.479. The van der Waals surface area contributed by atoms with Crippen LogP contribution in [0.15, 0.2) is 195 Å². The van der Waals surface area contributed by atoms with Gasteiger partial charge in [0.25, 0.3) is 0 Å². The Morgan fingerprint density at radius 2 is 0.889 bits per heavy atom. The molecule has 5 nitrogen and oxygen atoms in total. The molecule has 0 bridgehead atoms. The summed E-state index contributed by atoms with van der Waals surface area (Å²) in [6.07, 6.45) is 6.38. The highest BCUT2D eigenvalue weighted by Crippen LogP contribution is 2.43. The molecule has 7 aromatic carbocycles. The lowest BCUT2D eigenvalue weighted by atomic mass is 9.73. The first-order valence-electron chi connectivity index (χ1n) is 25.6. The largest absolute Gasteiger partial charge is 0.457 e. The number of pyridine rings is 1. The van der Waals surface area contributed by atoms with Crippen molar-refractivity contribution >= 4 is 33.2 Å². The fraction of sp³-hybridized carbons (Fsp3) is 0.269. The van der Waals surface area contributed by atoms with Gasteiger partial charge in [0, 0.05) is 69.1 Å². The van der Waals surface area contributed by atoms with E-state index in [2.05, 4.69) is 286 Å². The van der Waals surface area contributed by atoms with Gasteiger partial charge in [-0.15, -0.1) is 0 Å². The van der Waals surface area contributed by atoms with Crippen LogP contribution in [0.5, 0.6) is 11.5 Å². The summed E-state index contributed by atoms with van der Waals surface area (Å²) in [5.41, 5.74) is 13.7. The summed E-state index contributed by atoms with van der Waals surface area (Å²) in [6, 6.07) is 64.4. The Morgan fingerprint density at radius 1 is 0.375 bits per heavy atom. The maximum Gasteiger partial charge on any atom is 0.137 e.